The summed E-state index contributed by atoms with van der Waals surface area (Å²) in [7, 11) is 0. The maximum atomic E-state index is 12.4. The molecule has 1 aromatic rings. The maximum Gasteiger partial charge on any atom is 0.454 e. The number of halogens is 3. The predicted octanol–water partition coefficient (Wildman–Crippen LogP) is 3.25. The van der Waals surface area contributed by atoms with Gasteiger partial charge in [-0.1, -0.05) is 30.3 Å². The summed E-state index contributed by atoms with van der Waals surface area (Å²) in [5, 5.41) is 0. The number of ketones is 1. The second-order valence-corrected chi connectivity index (χ2v) is 4.45. The summed E-state index contributed by atoms with van der Waals surface area (Å²) in [5.41, 5.74) is 1.00. The van der Waals surface area contributed by atoms with Gasteiger partial charge in [0, 0.05) is 24.9 Å². The molecule has 1 aromatic carbocycles. The van der Waals surface area contributed by atoms with Crippen LogP contribution >= 0.6 is 0 Å². The molecule has 1 aliphatic heterocycles. The molecule has 0 aliphatic carbocycles. The van der Waals surface area contributed by atoms with Gasteiger partial charge in [0.1, 0.15) is 0 Å². The van der Waals surface area contributed by atoms with Crippen LogP contribution in [0.15, 0.2) is 36.4 Å². The molecule has 2 nitrogen and oxygen atoms in total. The first-order valence-corrected chi connectivity index (χ1v) is 6.12. The van der Waals surface area contributed by atoms with E-state index in [9.17, 15) is 18.0 Å². The molecule has 2 rings (SSSR count). The number of allylic oxidation sites excluding steroid dienone is 1. The van der Waals surface area contributed by atoms with Crippen LogP contribution in [-0.2, 0) is 4.79 Å². The largest absolute Gasteiger partial charge is 0.454 e. The molecular formula is C14H14F3NO. The average molecular weight is 269 g/mol. The van der Waals surface area contributed by atoms with Crippen LogP contribution in [0.4, 0.5) is 13.2 Å². The van der Waals surface area contributed by atoms with Crippen molar-refractivity contribution in [1.82, 2.24) is 4.90 Å². The molecule has 0 N–H and O–H groups in total. The Balaban J connectivity index is 2.35. The molecule has 5 heteroatoms. The van der Waals surface area contributed by atoms with Crippen molar-refractivity contribution in [2.75, 3.05) is 13.1 Å². The number of benzene rings is 1. The van der Waals surface area contributed by atoms with Gasteiger partial charge in [0.2, 0.25) is 0 Å². The fourth-order valence-electron chi connectivity index (χ4n) is 2.13. The Morgan fingerprint density at radius 1 is 1.11 bits per heavy atom. The van der Waals surface area contributed by atoms with Crippen LogP contribution in [0.1, 0.15) is 18.4 Å². The highest BCUT2D eigenvalue weighted by atomic mass is 19.4. The fraction of sp³-hybridized carbons (Fsp3) is 0.357. The Kier molecular flexibility index (Phi) is 3.93. The van der Waals surface area contributed by atoms with Gasteiger partial charge in [-0.2, -0.15) is 13.2 Å². The first-order valence-electron chi connectivity index (χ1n) is 6.12. The van der Waals surface area contributed by atoms with Gasteiger partial charge in [0.05, 0.1) is 0 Å². The third kappa shape index (κ3) is 3.36. The number of nitrogens with zero attached hydrogens (tertiary/aromatic N) is 1. The molecule has 0 saturated carbocycles. The van der Waals surface area contributed by atoms with Crippen LogP contribution in [0.5, 0.6) is 0 Å². The second-order valence-electron chi connectivity index (χ2n) is 4.45. The topological polar surface area (TPSA) is 20.3 Å². The maximum absolute atomic E-state index is 12.4. The van der Waals surface area contributed by atoms with Crippen LogP contribution in [-0.4, -0.2) is 29.9 Å². The zero-order valence-electron chi connectivity index (χ0n) is 10.3. The third-order valence-electron chi connectivity index (χ3n) is 3.06. The minimum Gasteiger partial charge on any atom is -0.371 e. The van der Waals surface area contributed by atoms with Gasteiger partial charge in [-0.25, -0.2) is 0 Å². The monoisotopic (exact) mass is 269 g/mol. The molecule has 1 fully saturated rings. The molecule has 19 heavy (non-hydrogen) atoms. The minimum absolute atomic E-state index is 0.362. The molecule has 0 spiro atoms. The molecule has 0 bridgehead atoms. The number of hydrogen-bond acceptors (Lipinski definition) is 2. The smallest absolute Gasteiger partial charge is 0.371 e. The molecule has 1 aliphatic rings. The van der Waals surface area contributed by atoms with Gasteiger partial charge in [-0.3, -0.25) is 4.79 Å². The van der Waals surface area contributed by atoms with Crippen molar-refractivity contribution in [2.45, 2.75) is 19.0 Å². The minimum atomic E-state index is -4.82. The number of likely N-dealkylation sites (tertiary alicyclic amines) is 1. The number of alkyl halides is 3. The van der Waals surface area contributed by atoms with Crippen molar-refractivity contribution < 1.29 is 18.0 Å². The summed E-state index contributed by atoms with van der Waals surface area (Å²) in [5.74, 6) is -1.81. The molecule has 0 atom stereocenters. The number of hydrogen-bond donors (Lipinski definition) is 0. The first-order chi connectivity index (χ1) is 8.98. The van der Waals surface area contributed by atoms with E-state index in [0.717, 1.165) is 12.8 Å². The predicted molar refractivity (Wildman–Crippen MR) is 66.3 cm³/mol. The quantitative estimate of drug-likeness (QED) is 0.785. The van der Waals surface area contributed by atoms with Gasteiger partial charge in [-0.15, -0.1) is 0 Å². The zero-order chi connectivity index (χ0) is 13.9. The lowest BCUT2D eigenvalue weighted by molar-refractivity contribution is -0.165. The van der Waals surface area contributed by atoms with Crippen LogP contribution in [0.25, 0.3) is 5.70 Å². The Labute approximate surface area is 109 Å². The SMILES string of the molecule is O=C(/C=C(/c1ccccc1)N1CCCC1)C(F)(F)F. The highest BCUT2D eigenvalue weighted by Crippen LogP contribution is 2.26. The summed E-state index contributed by atoms with van der Waals surface area (Å²) in [6.45, 7) is 1.37. The van der Waals surface area contributed by atoms with E-state index in [2.05, 4.69) is 0 Å². The van der Waals surface area contributed by atoms with E-state index >= 15 is 0 Å². The molecule has 0 aromatic heterocycles. The van der Waals surface area contributed by atoms with E-state index in [1.807, 2.05) is 4.90 Å². The molecule has 1 heterocycles. The summed E-state index contributed by atoms with van der Waals surface area (Å²) in [6, 6.07) is 8.72. The van der Waals surface area contributed by atoms with Gasteiger partial charge in [0.15, 0.2) is 0 Å². The average Bonchev–Trinajstić information content (AvgIpc) is 2.89. The van der Waals surface area contributed by atoms with Crippen molar-refractivity contribution in [3.8, 4) is 0 Å². The number of carbonyl (C=O) groups excluding carboxylic acids is 1. The lowest BCUT2D eigenvalue weighted by Gasteiger charge is -2.22. The Bertz CT molecular complexity index is 473. The molecule has 0 amide bonds. The Hall–Kier alpha value is -1.78. The van der Waals surface area contributed by atoms with E-state index in [4.69, 9.17) is 0 Å². The Morgan fingerprint density at radius 2 is 1.68 bits per heavy atom. The molecular weight excluding hydrogens is 255 g/mol. The number of rotatable bonds is 3. The highest BCUT2D eigenvalue weighted by molar-refractivity contribution is 6.00. The van der Waals surface area contributed by atoms with Crippen molar-refractivity contribution in [3.05, 3.63) is 42.0 Å². The molecule has 1 saturated heterocycles. The van der Waals surface area contributed by atoms with Crippen molar-refractivity contribution in [2.24, 2.45) is 0 Å². The normalized spacial score (nSPS) is 16.8. The summed E-state index contributed by atoms with van der Waals surface area (Å²) < 4.78 is 37.2. The van der Waals surface area contributed by atoms with Crippen LogP contribution in [0.2, 0.25) is 0 Å². The van der Waals surface area contributed by atoms with Crippen molar-refractivity contribution in [3.63, 3.8) is 0 Å². The highest BCUT2D eigenvalue weighted by Gasteiger charge is 2.37. The molecule has 0 unspecified atom stereocenters. The van der Waals surface area contributed by atoms with Gasteiger partial charge >= 0.3 is 6.18 Å². The summed E-state index contributed by atoms with van der Waals surface area (Å²) in [6.07, 6.45) is -2.24. The van der Waals surface area contributed by atoms with Crippen molar-refractivity contribution >= 4 is 11.5 Å². The lowest BCUT2D eigenvalue weighted by Crippen LogP contribution is -2.24. The lowest BCUT2D eigenvalue weighted by atomic mass is 10.1. The summed E-state index contributed by atoms with van der Waals surface area (Å²) >= 11 is 0. The second kappa shape index (κ2) is 5.47. The van der Waals surface area contributed by atoms with Crippen LogP contribution in [0.3, 0.4) is 0 Å². The molecule has 0 radical (unpaired) electrons. The van der Waals surface area contributed by atoms with E-state index in [1.54, 1.807) is 30.3 Å². The standard InChI is InChI=1S/C14H14F3NO/c15-14(16,17)13(19)10-12(18-8-4-5-9-18)11-6-2-1-3-7-11/h1-3,6-7,10H,4-5,8-9H2/b12-10-. The number of carbonyl (C=O) groups is 1. The third-order valence-corrected chi connectivity index (χ3v) is 3.06. The molecule has 102 valence electrons. The van der Waals surface area contributed by atoms with Gasteiger partial charge in [0.25, 0.3) is 5.78 Å². The summed E-state index contributed by atoms with van der Waals surface area (Å²) in [4.78, 5) is 13.0. The van der Waals surface area contributed by atoms with Gasteiger partial charge < -0.3 is 4.90 Å². The van der Waals surface area contributed by atoms with E-state index in [0.29, 0.717) is 30.4 Å². The van der Waals surface area contributed by atoms with E-state index in [-0.39, 0.29) is 0 Å². The zero-order valence-corrected chi connectivity index (χ0v) is 10.3. The fourth-order valence-corrected chi connectivity index (χ4v) is 2.13. The van der Waals surface area contributed by atoms with Crippen LogP contribution in [0, 0.1) is 0 Å². The van der Waals surface area contributed by atoms with Gasteiger partial charge in [-0.05, 0) is 18.4 Å². The van der Waals surface area contributed by atoms with Crippen molar-refractivity contribution in [1.29, 1.82) is 0 Å². The van der Waals surface area contributed by atoms with E-state index in [1.165, 1.54) is 0 Å². The van der Waals surface area contributed by atoms with Crippen LogP contribution < -0.4 is 0 Å². The van der Waals surface area contributed by atoms with E-state index < -0.39 is 12.0 Å². The first kappa shape index (κ1) is 13.6. The Morgan fingerprint density at radius 3 is 2.21 bits per heavy atom.